The van der Waals surface area contributed by atoms with Crippen molar-refractivity contribution >= 4 is 17.7 Å². The zero-order valence-electron chi connectivity index (χ0n) is 11.9. The van der Waals surface area contributed by atoms with Crippen molar-refractivity contribution in [1.82, 2.24) is 5.32 Å². The molecule has 4 nitrogen and oxygen atoms in total. The van der Waals surface area contributed by atoms with E-state index in [9.17, 15) is 4.79 Å². The number of fused-ring (bicyclic) bond motifs is 2. The minimum atomic E-state index is -0.0787. The Balaban J connectivity index is 1.55. The first-order valence-corrected chi connectivity index (χ1v) is 8.22. The van der Waals surface area contributed by atoms with Crippen LogP contribution < -0.4 is 14.8 Å². The number of ether oxygens (including phenoxy) is 2. The Morgan fingerprint density at radius 3 is 2.95 bits per heavy atom. The van der Waals surface area contributed by atoms with Gasteiger partial charge in [-0.2, -0.15) is 0 Å². The van der Waals surface area contributed by atoms with Crippen molar-refractivity contribution in [1.29, 1.82) is 0 Å². The van der Waals surface area contributed by atoms with Gasteiger partial charge in [-0.05, 0) is 36.2 Å². The Bertz CT molecular complexity index is 732. The van der Waals surface area contributed by atoms with Crippen molar-refractivity contribution in [3.63, 3.8) is 0 Å². The summed E-state index contributed by atoms with van der Waals surface area (Å²) in [7, 11) is 0. The molecule has 1 atom stereocenters. The van der Waals surface area contributed by atoms with Crippen LogP contribution in [0, 0.1) is 0 Å². The van der Waals surface area contributed by atoms with E-state index in [0.717, 1.165) is 12.2 Å². The average molecular weight is 313 g/mol. The third-order valence-electron chi connectivity index (χ3n) is 3.90. The summed E-state index contributed by atoms with van der Waals surface area (Å²) in [5.41, 5.74) is 1.80. The van der Waals surface area contributed by atoms with Gasteiger partial charge in [0, 0.05) is 16.2 Å². The SMILES string of the molecule is O=C(N[C@H]1CCSc2ccccc21)c1ccc2c(c1)OCO2. The number of carbonyl (C=O) groups excluding carboxylic acids is 1. The third kappa shape index (κ3) is 2.41. The number of benzene rings is 2. The molecule has 112 valence electrons. The zero-order chi connectivity index (χ0) is 14.9. The van der Waals surface area contributed by atoms with Crippen molar-refractivity contribution in [3.8, 4) is 11.5 Å². The lowest BCUT2D eigenvalue weighted by Gasteiger charge is -2.25. The van der Waals surface area contributed by atoms with E-state index in [4.69, 9.17) is 9.47 Å². The summed E-state index contributed by atoms with van der Waals surface area (Å²) >= 11 is 1.84. The topological polar surface area (TPSA) is 47.6 Å². The van der Waals surface area contributed by atoms with Gasteiger partial charge >= 0.3 is 0 Å². The molecule has 0 fully saturated rings. The van der Waals surface area contributed by atoms with E-state index in [1.807, 2.05) is 23.9 Å². The predicted octanol–water partition coefficient (Wildman–Crippen LogP) is 3.38. The van der Waals surface area contributed by atoms with Gasteiger partial charge in [-0.1, -0.05) is 18.2 Å². The predicted molar refractivity (Wildman–Crippen MR) is 84.6 cm³/mol. The molecule has 22 heavy (non-hydrogen) atoms. The highest BCUT2D eigenvalue weighted by atomic mass is 32.2. The number of nitrogens with one attached hydrogen (secondary N) is 1. The number of hydrogen-bond acceptors (Lipinski definition) is 4. The molecule has 0 aromatic heterocycles. The largest absolute Gasteiger partial charge is 0.454 e. The van der Waals surface area contributed by atoms with Crippen LogP contribution in [0.1, 0.15) is 28.4 Å². The normalized spacial score (nSPS) is 18.6. The smallest absolute Gasteiger partial charge is 0.251 e. The molecule has 1 N–H and O–H groups in total. The maximum absolute atomic E-state index is 12.5. The summed E-state index contributed by atoms with van der Waals surface area (Å²) in [5.74, 6) is 2.26. The van der Waals surface area contributed by atoms with Crippen LogP contribution in [0.5, 0.6) is 11.5 Å². The molecule has 0 saturated carbocycles. The second kappa shape index (κ2) is 5.57. The summed E-state index contributed by atoms with van der Waals surface area (Å²) in [4.78, 5) is 13.8. The van der Waals surface area contributed by atoms with Gasteiger partial charge in [0.1, 0.15) is 0 Å². The van der Waals surface area contributed by atoms with Crippen LogP contribution in [-0.4, -0.2) is 18.5 Å². The first-order valence-electron chi connectivity index (χ1n) is 7.23. The molecule has 2 aliphatic heterocycles. The molecule has 0 saturated heterocycles. The Labute approximate surface area is 132 Å². The summed E-state index contributed by atoms with van der Waals surface area (Å²) < 4.78 is 10.6. The van der Waals surface area contributed by atoms with Gasteiger partial charge < -0.3 is 14.8 Å². The highest BCUT2D eigenvalue weighted by Gasteiger charge is 2.23. The molecule has 2 aromatic rings. The number of thioether (sulfide) groups is 1. The van der Waals surface area contributed by atoms with Crippen molar-refractivity contribution < 1.29 is 14.3 Å². The standard InChI is InChI=1S/C17H15NO3S/c19-17(11-5-6-14-15(9-11)21-10-20-14)18-13-7-8-22-16-4-2-1-3-12(13)16/h1-6,9,13H,7-8,10H2,(H,18,19)/t13-/m0/s1. The van der Waals surface area contributed by atoms with Crippen LogP contribution >= 0.6 is 11.8 Å². The minimum Gasteiger partial charge on any atom is -0.454 e. The average Bonchev–Trinajstić information content (AvgIpc) is 3.02. The Kier molecular flexibility index (Phi) is 3.42. The molecule has 1 amide bonds. The van der Waals surface area contributed by atoms with E-state index in [1.54, 1.807) is 18.2 Å². The zero-order valence-corrected chi connectivity index (χ0v) is 12.7. The number of hydrogen-bond donors (Lipinski definition) is 1. The second-order valence-electron chi connectivity index (χ2n) is 5.27. The molecule has 0 radical (unpaired) electrons. The van der Waals surface area contributed by atoms with Gasteiger partial charge in [-0.25, -0.2) is 0 Å². The first kappa shape index (κ1) is 13.5. The van der Waals surface area contributed by atoms with Gasteiger partial charge in [0.25, 0.3) is 5.91 Å². The third-order valence-corrected chi connectivity index (χ3v) is 5.02. The fraction of sp³-hybridized carbons (Fsp3) is 0.235. The number of rotatable bonds is 2. The molecule has 2 aromatic carbocycles. The molecular weight excluding hydrogens is 298 g/mol. The maximum atomic E-state index is 12.5. The minimum absolute atomic E-state index is 0.0652. The lowest BCUT2D eigenvalue weighted by Crippen LogP contribution is -2.30. The van der Waals surface area contributed by atoms with E-state index in [0.29, 0.717) is 17.1 Å². The van der Waals surface area contributed by atoms with Gasteiger partial charge in [-0.3, -0.25) is 4.79 Å². The molecule has 2 heterocycles. The highest BCUT2D eigenvalue weighted by molar-refractivity contribution is 7.99. The summed E-state index contributed by atoms with van der Waals surface area (Å²) in [6.07, 6.45) is 0.942. The van der Waals surface area contributed by atoms with Crippen LogP contribution in [0.15, 0.2) is 47.4 Å². The Morgan fingerprint density at radius 1 is 1.14 bits per heavy atom. The summed E-state index contributed by atoms with van der Waals surface area (Å²) in [6.45, 7) is 0.216. The molecule has 0 bridgehead atoms. The molecule has 4 rings (SSSR count). The van der Waals surface area contributed by atoms with Gasteiger partial charge in [0.2, 0.25) is 6.79 Å². The van der Waals surface area contributed by atoms with Crippen molar-refractivity contribution in [2.75, 3.05) is 12.5 Å². The van der Waals surface area contributed by atoms with E-state index in [1.165, 1.54) is 10.5 Å². The van der Waals surface area contributed by atoms with Gasteiger partial charge in [0.05, 0.1) is 6.04 Å². The quantitative estimate of drug-likeness (QED) is 0.923. The van der Waals surface area contributed by atoms with E-state index in [2.05, 4.69) is 17.4 Å². The first-order chi connectivity index (χ1) is 10.8. The fourth-order valence-corrected chi connectivity index (χ4v) is 3.90. The number of carbonyl (C=O) groups is 1. The van der Waals surface area contributed by atoms with Crippen molar-refractivity contribution in [2.45, 2.75) is 17.4 Å². The van der Waals surface area contributed by atoms with Crippen LogP contribution in [0.25, 0.3) is 0 Å². The number of amides is 1. The lowest BCUT2D eigenvalue weighted by molar-refractivity contribution is 0.0934. The molecule has 0 unspecified atom stereocenters. The fourth-order valence-electron chi connectivity index (χ4n) is 2.77. The Hall–Kier alpha value is -2.14. The van der Waals surface area contributed by atoms with Crippen LogP contribution in [0.3, 0.4) is 0 Å². The van der Waals surface area contributed by atoms with E-state index in [-0.39, 0.29) is 18.7 Å². The molecule has 0 spiro atoms. The molecule has 5 heteroatoms. The van der Waals surface area contributed by atoms with E-state index >= 15 is 0 Å². The monoisotopic (exact) mass is 313 g/mol. The summed E-state index contributed by atoms with van der Waals surface area (Å²) in [6, 6.07) is 13.6. The molecular formula is C17H15NO3S. The van der Waals surface area contributed by atoms with Gasteiger partial charge in [0.15, 0.2) is 11.5 Å². The van der Waals surface area contributed by atoms with Crippen LogP contribution in [0.4, 0.5) is 0 Å². The lowest BCUT2D eigenvalue weighted by atomic mass is 10.0. The second-order valence-corrected chi connectivity index (χ2v) is 6.41. The molecule has 2 aliphatic rings. The Morgan fingerprint density at radius 2 is 2.00 bits per heavy atom. The van der Waals surface area contributed by atoms with Crippen LogP contribution in [-0.2, 0) is 0 Å². The summed E-state index contributed by atoms with van der Waals surface area (Å²) in [5, 5.41) is 3.13. The van der Waals surface area contributed by atoms with Gasteiger partial charge in [-0.15, -0.1) is 11.8 Å². The van der Waals surface area contributed by atoms with Crippen molar-refractivity contribution in [3.05, 3.63) is 53.6 Å². The van der Waals surface area contributed by atoms with Crippen LogP contribution in [0.2, 0.25) is 0 Å². The molecule has 0 aliphatic carbocycles. The van der Waals surface area contributed by atoms with E-state index < -0.39 is 0 Å². The van der Waals surface area contributed by atoms with Crippen molar-refractivity contribution in [2.24, 2.45) is 0 Å². The maximum Gasteiger partial charge on any atom is 0.251 e. The highest BCUT2D eigenvalue weighted by Crippen LogP contribution is 2.36.